The van der Waals surface area contributed by atoms with E-state index in [1.807, 2.05) is 61.0 Å². The standard InChI is InChI=1S/C25H28N6OS/c1-5-14-30-24(20-11-9-10-17(2)15-20)27-28-25(30)33-16-22(32)26-23-18(3)29-31(19(23)4)21-12-7-6-8-13-21/h6-13,15H,5,14,16H2,1-4H3,(H,26,32). The van der Waals surface area contributed by atoms with Crippen molar-refractivity contribution in [2.75, 3.05) is 11.1 Å². The largest absolute Gasteiger partial charge is 0.322 e. The predicted molar refractivity (Wildman–Crippen MR) is 133 cm³/mol. The highest BCUT2D eigenvalue weighted by Crippen LogP contribution is 2.26. The summed E-state index contributed by atoms with van der Waals surface area (Å²) in [4.78, 5) is 12.8. The molecule has 1 amide bonds. The van der Waals surface area contributed by atoms with Crippen LogP contribution < -0.4 is 5.32 Å². The first-order valence-corrected chi connectivity index (χ1v) is 12.0. The van der Waals surface area contributed by atoms with Crippen molar-refractivity contribution in [2.45, 2.75) is 45.8 Å². The molecule has 0 atom stereocenters. The summed E-state index contributed by atoms with van der Waals surface area (Å²) in [6, 6.07) is 18.1. The molecule has 8 heteroatoms. The summed E-state index contributed by atoms with van der Waals surface area (Å²) in [6.07, 6.45) is 0.952. The zero-order valence-electron chi connectivity index (χ0n) is 19.4. The summed E-state index contributed by atoms with van der Waals surface area (Å²) in [6.45, 7) is 8.84. The Hall–Kier alpha value is -3.39. The number of benzene rings is 2. The summed E-state index contributed by atoms with van der Waals surface area (Å²) < 4.78 is 3.95. The maximum atomic E-state index is 12.8. The first-order valence-electron chi connectivity index (χ1n) is 11.0. The van der Waals surface area contributed by atoms with Gasteiger partial charge in [0.1, 0.15) is 0 Å². The van der Waals surface area contributed by atoms with Crippen LogP contribution in [0.15, 0.2) is 59.8 Å². The van der Waals surface area contributed by atoms with Crippen molar-refractivity contribution < 1.29 is 4.79 Å². The molecule has 0 saturated carbocycles. The van der Waals surface area contributed by atoms with Gasteiger partial charge in [0.15, 0.2) is 11.0 Å². The molecule has 0 bridgehead atoms. The number of hydrogen-bond donors (Lipinski definition) is 1. The fourth-order valence-corrected chi connectivity index (χ4v) is 4.53. The summed E-state index contributed by atoms with van der Waals surface area (Å²) in [5.41, 5.74) is 5.60. The van der Waals surface area contributed by atoms with Gasteiger partial charge < -0.3 is 9.88 Å². The van der Waals surface area contributed by atoms with E-state index in [1.54, 1.807) is 0 Å². The molecule has 7 nitrogen and oxygen atoms in total. The molecule has 4 aromatic rings. The fraction of sp³-hybridized carbons (Fsp3) is 0.280. The van der Waals surface area contributed by atoms with Crippen molar-refractivity contribution in [2.24, 2.45) is 0 Å². The molecule has 33 heavy (non-hydrogen) atoms. The van der Waals surface area contributed by atoms with Crippen LogP contribution in [0.5, 0.6) is 0 Å². The number of carbonyl (C=O) groups excluding carboxylic acids is 1. The van der Waals surface area contributed by atoms with Crippen molar-refractivity contribution in [3.8, 4) is 17.1 Å². The van der Waals surface area contributed by atoms with Crippen molar-refractivity contribution in [3.05, 3.63) is 71.5 Å². The van der Waals surface area contributed by atoms with E-state index < -0.39 is 0 Å². The van der Waals surface area contributed by atoms with Gasteiger partial charge in [-0.25, -0.2) is 4.68 Å². The van der Waals surface area contributed by atoms with Crippen LogP contribution in [0.25, 0.3) is 17.1 Å². The van der Waals surface area contributed by atoms with Gasteiger partial charge in [-0.3, -0.25) is 4.79 Å². The van der Waals surface area contributed by atoms with Crippen LogP contribution in [0.1, 0.15) is 30.3 Å². The number of carbonyl (C=O) groups is 1. The van der Waals surface area contributed by atoms with Gasteiger partial charge in [-0.2, -0.15) is 5.10 Å². The van der Waals surface area contributed by atoms with Crippen LogP contribution in [-0.4, -0.2) is 36.2 Å². The normalized spacial score (nSPS) is 11.0. The molecule has 0 unspecified atom stereocenters. The molecule has 170 valence electrons. The van der Waals surface area contributed by atoms with E-state index in [4.69, 9.17) is 0 Å². The Bertz CT molecular complexity index is 1260. The van der Waals surface area contributed by atoms with Crippen molar-refractivity contribution in [1.29, 1.82) is 0 Å². The molecular formula is C25H28N6OS. The number of para-hydroxylation sites is 1. The van der Waals surface area contributed by atoms with Crippen LogP contribution >= 0.6 is 11.8 Å². The Morgan fingerprint density at radius 3 is 2.55 bits per heavy atom. The highest BCUT2D eigenvalue weighted by Gasteiger charge is 2.18. The number of anilines is 1. The monoisotopic (exact) mass is 460 g/mol. The third-order valence-corrected chi connectivity index (χ3v) is 6.30. The minimum atomic E-state index is -0.0954. The van der Waals surface area contributed by atoms with Crippen molar-refractivity contribution >= 4 is 23.4 Å². The van der Waals surface area contributed by atoms with Gasteiger partial charge in [-0.1, -0.05) is 60.6 Å². The molecule has 0 radical (unpaired) electrons. The maximum absolute atomic E-state index is 12.8. The van der Waals surface area contributed by atoms with E-state index in [1.165, 1.54) is 17.3 Å². The molecule has 0 fully saturated rings. The lowest BCUT2D eigenvalue weighted by atomic mass is 10.1. The van der Waals surface area contributed by atoms with Crippen LogP contribution in [-0.2, 0) is 11.3 Å². The number of hydrogen-bond acceptors (Lipinski definition) is 5. The van der Waals surface area contributed by atoms with Gasteiger partial charge in [0.05, 0.1) is 28.5 Å². The molecule has 0 aliphatic carbocycles. The lowest BCUT2D eigenvalue weighted by molar-refractivity contribution is -0.113. The van der Waals surface area contributed by atoms with Gasteiger partial charge in [0, 0.05) is 12.1 Å². The number of amides is 1. The predicted octanol–water partition coefficient (Wildman–Crippen LogP) is 5.20. The number of nitrogens with zero attached hydrogens (tertiary/aromatic N) is 5. The zero-order valence-corrected chi connectivity index (χ0v) is 20.2. The van der Waals surface area contributed by atoms with E-state index in [-0.39, 0.29) is 11.7 Å². The Balaban J connectivity index is 1.48. The average molecular weight is 461 g/mol. The molecule has 2 heterocycles. The van der Waals surface area contributed by atoms with Crippen LogP contribution in [0.3, 0.4) is 0 Å². The van der Waals surface area contributed by atoms with Crippen LogP contribution in [0, 0.1) is 20.8 Å². The highest BCUT2D eigenvalue weighted by molar-refractivity contribution is 7.99. The summed E-state index contributed by atoms with van der Waals surface area (Å²) in [7, 11) is 0. The highest BCUT2D eigenvalue weighted by atomic mass is 32.2. The lowest BCUT2D eigenvalue weighted by Gasteiger charge is -2.10. The fourth-order valence-electron chi connectivity index (χ4n) is 3.77. The third-order valence-electron chi connectivity index (χ3n) is 5.33. The molecule has 0 saturated heterocycles. The Morgan fingerprint density at radius 1 is 1.03 bits per heavy atom. The number of aromatic nitrogens is 5. The summed E-state index contributed by atoms with van der Waals surface area (Å²) >= 11 is 1.40. The molecule has 2 aromatic carbocycles. The number of thioether (sulfide) groups is 1. The first kappa shape index (κ1) is 22.8. The van der Waals surface area contributed by atoms with Gasteiger partial charge in [0.2, 0.25) is 5.91 Å². The second-order valence-corrected chi connectivity index (χ2v) is 8.90. The molecule has 0 aliphatic heterocycles. The topological polar surface area (TPSA) is 77.6 Å². The van der Waals surface area contributed by atoms with Gasteiger partial charge >= 0.3 is 0 Å². The zero-order chi connectivity index (χ0) is 23.4. The minimum Gasteiger partial charge on any atom is -0.322 e. The third kappa shape index (κ3) is 5.01. The quantitative estimate of drug-likeness (QED) is 0.366. The lowest BCUT2D eigenvalue weighted by Crippen LogP contribution is -2.16. The summed E-state index contributed by atoms with van der Waals surface area (Å²) in [5.74, 6) is 0.978. The maximum Gasteiger partial charge on any atom is 0.234 e. The summed E-state index contributed by atoms with van der Waals surface area (Å²) in [5, 5.41) is 17.2. The second kappa shape index (κ2) is 10.0. The number of nitrogens with one attached hydrogen (secondary N) is 1. The molecule has 2 aromatic heterocycles. The molecular weight excluding hydrogens is 432 g/mol. The Morgan fingerprint density at radius 2 is 1.82 bits per heavy atom. The van der Waals surface area contributed by atoms with Gasteiger partial charge in [0.25, 0.3) is 0 Å². The van der Waals surface area contributed by atoms with E-state index >= 15 is 0 Å². The molecule has 0 spiro atoms. The average Bonchev–Trinajstić information content (AvgIpc) is 3.34. The van der Waals surface area contributed by atoms with E-state index in [0.717, 1.165) is 52.3 Å². The number of aryl methyl sites for hydroxylation is 2. The molecule has 1 N–H and O–H groups in total. The van der Waals surface area contributed by atoms with Crippen LogP contribution in [0.2, 0.25) is 0 Å². The van der Waals surface area contributed by atoms with E-state index in [0.29, 0.717) is 0 Å². The number of rotatable bonds is 8. The van der Waals surface area contributed by atoms with Gasteiger partial charge in [-0.15, -0.1) is 10.2 Å². The molecule has 4 rings (SSSR count). The second-order valence-electron chi connectivity index (χ2n) is 7.96. The SMILES string of the molecule is CCCn1c(SCC(=O)Nc2c(C)nn(-c3ccccc3)c2C)nnc1-c1cccc(C)c1. The molecule has 0 aliphatic rings. The van der Waals surface area contributed by atoms with Crippen molar-refractivity contribution in [1.82, 2.24) is 24.5 Å². The van der Waals surface area contributed by atoms with Gasteiger partial charge in [-0.05, 0) is 45.4 Å². The van der Waals surface area contributed by atoms with Crippen molar-refractivity contribution in [3.63, 3.8) is 0 Å². The Labute approximate surface area is 198 Å². The Kier molecular flexibility index (Phi) is 6.93. The van der Waals surface area contributed by atoms with Crippen LogP contribution in [0.4, 0.5) is 5.69 Å². The smallest absolute Gasteiger partial charge is 0.234 e. The minimum absolute atomic E-state index is 0.0954. The van der Waals surface area contributed by atoms with E-state index in [2.05, 4.69) is 51.2 Å². The first-order chi connectivity index (χ1) is 16.0. The van der Waals surface area contributed by atoms with E-state index in [9.17, 15) is 4.79 Å².